The zero-order valence-electron chi connectivity index (χ0n) is 9.02. The van der Waals surface area contributed by atoms with E-state index in [0.29, 0.717) is 13.0 Å². The molecule has 5 heteroatoms. The summed E-state index contributed by atoms with van der Waals surface area (Å²) in [4.78, 5) is 0. The minimum absolute atomic E-state index is 0.247. The lowest BCUT2D eigenvalue weighted by Crippen LogP contribution is -2.06. The highest BCUT2D eigenvalue weighted by molar-refractivity contribution is 7.90. The van der Waals surface area contributed by atoms with Crippen molar-refractivity contribution in [2.24, 2.45) is 5.73 Å². The SMILES string of the molecule is CS(=O)(=O)CCCn1ccc(CCN)c1. The first kappa shape index (κ1) is 12.3. The van der Waals surface area contributed by atoms with E-state index in [0.717, 1.165) is 13.0 Å². The largest absolute Gasteiger partial charge is 0.354 e. The van der Waals surface area contributed by atoms with E-state index in [1.807, 2.05) is 23.0 Å². The van der Waals surface area contributed by atoms with Gasteiger partial charge >= 0.3 is 0 Å². The van der Waals surface area contributed by atoms with Gasteiger partial charge in [0.15, 0.2) is 0 Å². The summed E-state index contributed by atoms with van der Waals surface area (Å²) in [5.41, 5.74) is 6.64. The molecule has 0 aliphatic rings. The smallest absolute Gasteiger partial charge is 0.147 e. The van der Waals surface area contributed by atoms with Crippen LogP contribution in [-0.4, -0.2) is 31.5 Å². The fraction of sp³-hybridized carbons (Fsp3) is 0.600. The van der Waals surface area contributed by atoms with Crippen molar-refractivity contribution >= 4 is 9.84 Å². The molecule has 1 heterocycles. The zero-order chi connectivity index (χ0) is 11.3. The van der Waals surface area contributed by atoms with Crippen molar-refractivity contribution < 1.29 is 8.42 Å². The molecule has 15 heavy (non-hydrogen) atoms. The van der Waals surface area contributed by atoms with Crippen LogP contribution in [0.1, 0.15) is 12.0 Å². The second-order valence-electron chi connectivity index (χ2n) is 3.78. The average Bonchev–Trinajstić information content (AvgIpc) is 2.51. The lowest BCUT2D eigenvalue weighted by atomic mass is 10.2. The standard InChI is InChI=1S/C10H18N2O2S/c1-15(13,14)8-2-6-12-7-4-10(9-12)3-5-11/h4,7,9H,2-3,5-6,8,11H2,1H3. The Kier molecular flexibility index (Phi) is 4.35. The maximum atomic E-state index is 10.9. The van der Waals surface area contributed by atoms with Gasteiger partial charge in [-0.1, -0.05) is 0 Å². The van der Waals surface area contributed by atoms with Crippen LogP contribution in [0.25, 0.3) is 0 Å². The lowest BCUT2D eigenvalue weighted by Gasteiger charge is -2.01. The molecule has 0 amide bonds. The minimum atomic E-state index is -2.83. The van der Waals surface area contributed by atoms with Crippen molar-refractivity contribution in [1.29, 1.82) is 0 Å². The average molecular weight is 230 g/mol. The zero-order valence-corrected chi connectivity index (χ0v) is 9.83. The van der Waals surface area contributed by atoms with Crippen molar-refractivity contribution in [2.75, 3.05) is 18.6 Å². The van der Waals surface area contributed by atoms with Crippen LogP contribution in [0.15, 0.2) is 18.5 Å². The van der Waals surface area contributed by atoms with Crippen molar-refractivity contribution in [2.45, 2.75) is 19.4 Å². The van der Waals surface area contributed by atoms with E-state index in [1.54, 1.807) is 0 Å². The van der Waals surface area contributed by atoms with Crippen LogP contribution in [-0.2, 0) is 22.8 Å². The van der Waals surface area contributed by atoms with Gasteiger partial charge in [0.25, 0.3) is 0 Å². The molecule has 0 fully saturated rings. The predicted molar refractivity (Wildman–Crippen MR) is 61.5 cm³/mol. The Morgan fingerprint density at radius 2 is 2.20 bits per heavy atom. The van der Waals surface area contributed by atoms with Gasteiger partial charge in [0.2, 0.25) is 0 Å². The lowest BCUT2D eigenvalue weighted by molar-refractivity contribution is 0.592. The van der Waals surface area contributed by atoms with Gasteiger partial charge in [0.1, 0.15) is 9.84 Å². The van der Waals surface area contributed by atoms with Crippen LogP contribution < -0.4 is 5.73 Å². The molecule has 0 saturated heterocycles. The highest BCUT2D eigenvalue weighted by Gasteiger charge is 2.02. The molecule has 1 rings (SSSR count). The van der Waals surface area contributed by atoms with Crippen LogP contribution in [0.5, 0.6) is 0 Å². The molecule has 2 N–H and O–H groups in total. The molecule has 1 aromatic rings. The first-order valence-corrected chi connectivity index (χ1v) is 7.10. The molecule has 1 aromatic heterocycles. The number of aromatic nitrogens is 1. The van der Waals surface area contributed by atoms with Gasteiger partial charge in [-0.25, -0.2) is 8.42 Å². The molecule has 0 aliphatic heterocycles. The molecular weight excluding hydrogens is 212 g/mol. The summed E-state index contributed by atoms with van der Waals surface area (Å²) in [6, 6.07) is 2.02. The molecule has 86 valence electrons. The number of nitrogens with two attached hydrogens (primary N) is 1. The highest BCUT2D eigenvalue weighted by atomic mass is 32.2. The van der Waals surface area contributed by atoms with Crippen LogP contribution in [0, 0.1) is 0 Å². The fourth-order valence-corrected chi connectivity index (χ4v) is 2.11. The molecule has 0 unspecified atom stereocenters. The Bertz CT molecular complexity index is 395. The van der Waals surface area contributed by atoms with Gasteiger partial charge in [-0.15, -0.1) is 0 Å². The molecule has 0 bridgehead atoms. The number of hydrogen-bond acceptors (Lipinski definition) is 3. The van der Waals surface area contributed by atoms with Crippen molar-refractivity contribution in [1.82, 2.24) is 4.57 Å². The van der Waals surface area contributed by atoms with Gasteiger partial charge in [0.05, 0.1) is 5.75 Å². The third-order valence-electron chi connectivity index (χ3n) is 2.18. The Hall–Kier alpha value is -0.810. The van der Waals surface area contributed by atoms with E-state index in [2.05, 4.69) is 0 Å². The maximum Gasteiger partial charge on any atom is 0.147 e. The Balaban J connectivity index is 2.38. The molecule has 0 saturated carbocycles. The molecule has 0 spiro atoms. The first-order valence-electron chi connectivity index (χ1n) is 5.04. The summed E-state index contributed by atoms with van der Waals surface area (Å²) < 4.78 is 23.8. The number of sulfone groups is 1. The highest BCUT2D eigenvalue weighted by Crippen LogP contribution is 2.03. The maximum absolute atomic E-state index is 10.9. The molecule has 4 nitrogen and oxygen atoms in total. The van der Waals surface area contributed by atoms with Gasteiger partial charge in [-0.05, 0) is 31.0 Å². The fourth-order valence-electron chi connectivity index (χ4n) is 1.45. The Morgan fingerprint density at radius 3 is 2.80 bits per heavy atom. The van der Waals surface area contributed by atoms with Gasteiger partial charge in [0, 0.05) is 25.2 Å². The third kappa shape index (κ3) is 4.99. The van der Waals surface area contributed by atoms with Gasteiger partial charge < -0.3 is 10.3 Å². The number of nitrogens with zero attached hydrogens (tertiary/aromatic N) is 1. The number of rotatable bonds is 6. The second kappa shape index (κ2) is 5.32. The van der Waals surface area contributed by atoms with E-state index in [1.165, 1.54) is 11.8 Å². The third-order valence-corrected chi connectivity index (χ3v) is 3.21. The van der Waals surface area contributed by atoms with Crippen LogP contribution in [0.2, 0.25) is 0 Å². The van der Waals surface area contributed by atoms with E-state index in [4.69, 9.17) is 5.73 Å². The number of aryl methyl sites for hydroxylation is 1. The summed E-state index contributed by atoms with van der Waals surface area (Å²) in [5.74, 6) is 0.247. The van der Waals surface area contributed by atoms with E-state index < -0.39 is 9.84 Å². The van der Waals surface area contributed by atoms with Crippen LogP contribution in [0.4, 0.5) is 0 Å². The summed E-state index contributed by atoms with van der Waals surface area (Å²) in [7, 11) is -2.83. The van der Waals surface area contributed by atoms with E-state index >= 15 is 0 Å². The normalized spacial score (nSPS) is 11.9. The quantitative estimate of drug-likeness (QED) is 0.770. The topological polar surface area (TPSA) is 65.1 Å². The minimum Gasteiger partial charge on any atom is -0.354 e. The van der Waals surface area contributed by atoms with Crippen LogP contribution >= 0.6 is 0 Å². The van der Waals surface area contributed by atoms with E-state index in [-0.39, 0.29) is 5.75 Å². The first-order chi connectivity index (χ1) is 7.01. The van der Waals surface area contributed by atoms with E-state index in [9.17, 15) is 8.42 Å². The van der Waals surface area contributed by atoms with Gasteiger partial charge in [-0.3, -0.25) is 0 Å². The van der Waals surface area contributed by atoms with Crippen molar-refractivity contribution in [3.8, 4) is 0 Å². The summed E-state index contributed by atoms with van der Waals surface area (Å²) >= 11 is 0. The summed E-state index contributed by atoms with van der Waals surface area (Å²) in [5, 5.41) is 0. The molecule has 0 atom stereocenters. The molecule has 0 radical (unpaired) electrons. The predicted octanol–water partition coefficient (Wildman–Crippen LogP) is 0.424. The Labute approximate surface area is 91.0 Å². The van der Waals surface area contributed by atoms with Crippen molar-refractivity contribution in [3.63, 3.8) is 0 Å². The summed E-state index contributed by atoms with van der Waals surface area (Å²) in [6.07, 6.45) is 6.79. The summed E-state index contributed by atoms with van der Waals surface area (Å²) in [6.45, 7) is 1.39. The molecule has 0 aliphatic carbocycles. The molecule has 0 aromatic carbocycles. The Morgan fingerprint density at radius 1 is 1.47 bits per heavy atom. The molecular formula is C10H18N2O2S. The van der Waals surface area contributed by atoms with Crippen LogP contribution in [0.3, 0.4) is 0 Å². The second-order valence-corrected chi connectivity index (χ2v) is 6.04. The van der Waals surface area contributed by atoms with Gasteiger partial charge in [-0.2, -0.15) is 0 Å². The number of hydrogen-bond donors (Lipinski definition) is 1. The monoisotopic (exact) mass is 230 g/mol. The van der Waals surface area contributed by atoms with Crippen molar-refractivity contribution in [3.05, 3.63) is 24.0 Å².